The zero-order valence-corrected chi connectivity index (χ0v) is 10.7. The van der Waals surface area contributed by atoms with E-state index >= 15 is 0 Å². The molecular formula is C13H17FN2O3. The fourth-order valence-electron chi connectivity index (χ4n) is 1.36. The molecule has 2 N–H and O–H groups in total. The Morgan fingerprint density at radius 2 is 1.79 bits per heavy atom. The van der Waals surface area contributed by atoms with Crippen molar-refractivity contribution in [3.63, 3.8) is 0 Å². The van der Waals surface area contributed by atoms with Crippen LogP contribution in [0.4, 0.5) is 4.39 Å². The van der Waals surface area contributed by atoms with E-state index in [0.717, 1.165) is 5.56 Å². The molecule has 0 aromatic heterocycles. The smallest absolute Gasteiger partial charge is 0.309 e. The van der Waals surface area contributed by atoms with E-state index in [9.17, 15) is 14.0 Å². The zero-order valence-electron chi connectivity index (χ0n) is 10.7. The van der Waals surface area contributed by atoms with Gasteiger partial charge in [0, 0.05) is 26.8 Å². The molecular weight excluding hydrogens is 251 g/mol. The van der Waals surface area contributed by atoms with Gasteiger partial charge in [-0.25, -0.2) is 4.39 Å². The first kappa shape index (κ1) is 15.1. The normalized spacial score (nSPS) is 10.0. The Bertz CT molecular complexity index is 420. The molecule has 0 radical (unpaired) electrons. The minimum Gasteiger partial charge on any atom is -0.385 e. The number of nitrogens with one attached hydrogen (secondary N) is 2. The van der Waals surface area contributed by atoms with Crippen LogP contribution in [0.1, 0.15) is 12.0 Å². The van der Waals surface area contributed by atoms with Gasteiger partial charge in [-0.05, 0) is 24.1 Å². The van der Waals surface area contributed by atoms with Crippen LogP contribution in [0.25, 0.3) is 0 Å². The number of hydrogen-bond acceptors (Lipinski definition) is 3. The summed E-state index contributed by atoms with van der Waals surface area (Å²) in [6.45, 7) is 1.10. The van der Waals surface area contributed by atoms with Crippen molar-refractivity contribution in [3.05, 3.63) is 35.6 Å². The van der Waals surface area contributed by atoms with Crippen LogP contribution in [-0.2, 0) is 20.9 Å². The standard InChI is InChI=1S/C13H17FN2O3/c1-19-8-2-7-15-12(17)13(18)16-9-10-3-5-11(14)6-4-10/h3-6H,2,7-9H2,1H3,(H,15,17)(H,16,18). The second kappa shape index (κ2) is 8.20. The molecule has 2 amide bonds. The van der Waals surface area contributed by atoms with E-state index in [1.54, 1.807) is 19.2 Å². The lowest BCUT2D eigenvalue weighted by Gasteiger charge is -2.06. The second-order valence-electron chi connectivity index (χ2n) is 3.91. The van der Waals surface area contributed by atoms with Crippen LogP contribution in [0, 0.1) is 5.82 Å². The molecule has 0 heterocycles. The highest BCUT2D eigenvalue weighted by Crippen LogP contribution is 2.01. The molecule has 0 atom stereocenters. The number of carbonyl (C=O) groups excluding carboxylic acids is 2. The Morgan fingerprint density at radius 3 is 2.42 bits per heavy atom. The molecule has 0 aliphatic rings. The molecule has 0 saturated carbocycles. The van der Waals surface area contributed by atoms with Crippen molar-refractivity contribution >= 4 is 11.8 Å². The highest BCUT2D eigenvalue weighted by Gasteiger charge is 2.11. The molecule has 0 bridgehead atoms. The fraction of sp³-hybridized carbons (Fsp3) is 0.385. The van der Waals surface area contributed by atoms with Gasteiger partial charge < -0.3 is 15.4 Å². The maximum atomic E-state index is 12.7. The maximum absolute atomic E-state index is 12.7. The molecule has 0 aliphatic heterocycles. The van der Waals surface area contributed by atoms with Gasteiger partial charge in [0.25, 0.3) is 0 Å². The van der Waals surface area contributed by atoms with Gasteiger partial charge in [0.05, 0.1) is 0 Å². The Balaban J connectivity index is 2.26. The largest absolute Gasteiger partial charge is 0.385 e. The van der Waals surface area contributed by atoms with E-state index in [0.29, 0.717) is 19.6 Å². The third-order valence-corrected chi connectivity index (χ3v) is 2.38. The van der Waals surface area contributed by atoms with E-state index in [1.807, 2.05) is 0 Å². The van der Waals surface area contributed by atoms with Crippen molar-refractivity contribution in [3.8, 4) is 0 Å². The van der Waals surface area contributed by atoms with Gasteiger partial charge in [0.15, 0.2) is 0 Å². The minimum atomic E-state index is -0.707. The Hall–Kier alpha value is -1.95. The molecule has 0 saturated heterocycles. The highest BCUT2D eigenvalue weighted by molar-refractivity contribution is 6.35. The zero-order chi connectivity index (χ0) is 14.1. The van der Waals surface area contributed by atoms with Crippen LogP contribution >= 0.6 is 0 Å². The summed E-state index contributed by atoms with van der Waals surface area (Å²) in [5, 5.41) is 4.93. The minimum absolute atomic E-state index is 0.185. The molecule has 5 nitrogen and oxygen atoms in total. The summed E-state index contributed by atoms with van der Waals surface area (Å²) in [5.41, 5.74) is 0.724. The lowest BCUT2D eigenvalue weighted by Crippen LogP contribution is -2.40. The van der Waals surface area contributed by atoms with E-state index < -0.39 is 11.8 Å². The average Bonchev–Trinajstić information content (AvgIpc) is 2.42. The SMILES string of the molecule is COCCCNC(=O)C(=O)NCc1ccc(F)cc1. The molecule has 0 aliphatic carbocycles. The first-order valence-corrected chi connectivity index (χ1v) is 5.93. The summed E-state index contributed by atoms with van der Waals surface area (Å²) in [7, 11) is 1.57. The molecule has 1 rings (SSSR count). The number of ether oxygens (including phenoxy) is 1. The predicted octanol–water partition coefficient (Wildman–Crippen LogP) is 0.595. The molecule has 6 heteroatoms. The summed E-state index contributed by atoms with van der Waals surface area (Å²) in [6.07, 6.45) is 0.646. The molecule has 19 heavy (non-hydrogen) atoms. The van der Waals surface area contributed by atoms with E-state index in [4.69, 9.17) is 4.74 Å². The van der Waals surface area contributed by atoms with Crippen molar-refractivity contribution < 1.29 is 18.7 Å². The number of rotatable bonds is 6. The number of benzene rings is 1. The van der Waals surface area contributed by atoms with Gasteiger partial charge in [0.2, 0.25) is 0 Å². The van der Waals surface area contributed by atoms with Gasteiger partial charge >= 0.3 is 11.8 Å². The van der Waals surface area contributed by atoms with Crippen LogP contribution in [0.5, 0.6) is 0 Å². The van der Waals surface area contributed by atoms with Gasteiger partial charge in [-0.15, -0.1) is 0 Å². The summed E-state index contributed by atoms with van der Waals surface area (Å²) >= 11 is 0. The van der Waals surface area contributed by atoms with Crippen molar-refractivity contribution in [2.24, 2.45) is 0 Å². The van der Waals surface area contributed by atoms with Crippen molar-refractivity contribution in [2.75, 3.05) is 20.3 Å². The van der Waals surface area contributed by atoms with Gasteiger partial charge in [-0.3, -0.25) is 9.59 Å². The number of carbonyl (C=O) groups is 2. The van der Waals surface area contributed by atoms with Crippen LogP contribution in [-0.4, -0.2) is 32.1 Å². The van der Waals surface area contributed by atoms with Crippen LogP contribution in [0.15, 0.2) is 24.3 Å². The summed E-state index contributed by atoms with van der Waals surface area (Å²) in [5.74, 6) is -1.73. The summed E-state index contributed by atoms with van der Waals surface area (Å²) < 4.78 is 17.5. The molecule has 0 fully saturated rings. The van der Waals surface area contributed by atoms with Gasteiger partial charge in [0.1, 0.15) is 5.82 Å². The molecule has 1 aromatic carbocycles. The van der Waals surface area contributed by atoms with Crippen LogP contribution in [0.2, 0.25) is 0 Å². The predicted molar refractivity (Wildman–Crippen MR) is 67.7 cm³/mol. The number of methoxy groups -OCH3 is 1. The van der Waals surface area contributed by atoms with Gasteiger partial charge in [-0.1, -0.05) is 12.1 Å². The second-order valence-corrected chi connectivity index (χ2v) is 3.91. The monoisotopic (exact) mass is 268 g/mol. The third-order valence-electron chi connectivity index (χ3n) is 2.38. The third kappa shape index (κ3) is 5.96. The number of hydrogen-bond donors (Lipinski definition) is 2. The Kier molecular flexibility index (Phi) is 6.52. The van der Waals surface area contributed by atoms with Crippen LogP contribution in [0.3, 0.4) is 0 Å². The van der Waals surface area contributed by atoms with Gasteiger partial charge in [-0.2, -0.15) is 0 Å². The van der Waals surface area contributed by atoms with Crippen molar-refractivity contribution in [1.29, 1.82) is 0 Å². The Labute approximate surface area is 111 Å². The first-order chi connectivity index (χ1) is 9.13. The quantitative estimate of drug-likeness (QED) is 0.586. The topological polar surface area (TPSA) is 67.4 Å². The number of halogens is 1. The lowest BCUT2D eigenvalue weighted by molar-refractivity contribution is -0.139. The molecule has 0 spiro atoms. The lowest BCUT2D eigenvalue weighted by atomic mass is 10.2. The summed E-state index contributed by atoms with van der Waals surface area (Å²) in [4.78, 5) is 22.8. The molecule has 0 unspecified atom stereocenters. The fourth-order valence-corrected chi connectivity index (χ4v) is 1.36. The van der Waals surface area contributed by atoms with Crippen LogP contribution < -0.4 is 10.6 Å². The van der Waals surface area contributed by atoms with E-state index in [1.165, 1.54) is 12.1 Å². The van der Waals surface area contributed by atoms with Crippen molar-refractivity contribution in [1.82, 2.24) is 10.6 Å². The molecule has 1 aromatic rings. The Morgan fingerprint density at radius 1 is 1.16 bits per heavy atom. The summed E-state index contributed by atoms with van der Waals surface area (Å²) in [6, 6.07) is 5.69. The molecule has 104 valence electrons. The van der Waals surface area contributed by atoms with E-state index in [-0.39, 0.29) is 12.4 Å². The highest BCUT2D eigenvalue weighted by atomic mass is 19.1. The number of amides is 2. The first-order valence-electron chi connectivity index (χ1n) is 5.93. The average molecular weight is 268 g/mol. The van der Waals surface area contributed by atoms with Crippen molar-refractivity contribution in [2.45, 2.75) is 13.0 Å². The van der Waals surface area contributed by atoms with E-state index in [2.05, 4.69) is 10.6 Å². The maximum Gasteiger partial charge on any atom is 0.309 e.